The lowest BCUT2D eigenvalue weighted by Gasteiger charge is -2.25. The van der Waals surface area contributed by atoms with Crippen LogP contribution >= 0.6 is 0 Å². The van der Waals surface area contributed by atoms with Gasteiger partial charge in [0.1, 0.15) is 23.9 Å². The summed E-state index contributed by atoms with van der Waals surface area (Å²) in [5.74, 6) is -4.32. The van der Waals surface area contributed by atoms with Crippen LogP contribution in [0.2, 0.25) is 0 Å². The normalized spacial score (nSPS) is 13.7. The Bertz CT molecular complexity index is 1670. The Morgan fingerprint density at radius 1 is 0.826 bits per heavy atom. The van der Waals surface area contributed by atoms with Crippen molar-refractivity contribution in [1.29, 1.82) is 0 Å². The number of carbonyl (C=O) groups excluding carboxylic acids is 4. The van der Waals surface area contributed by atoms with E-state index in [0.717, 1.165) is 10.9 Å². The first-order chi connectivity index (χ1) is 22.0. The number of carboxylic acid groups (broad SMARTS) is 1. The molecule has 4 atom stereocenters. The second-order valence-electron chi connectivity index (χ2n) is 10.8. The lowest BCUT2D eigenvalue weighted by molar-refractivity contribution is -0.142. The van der Waals surface area contributed by atoms with Crippen LogP contribution in [0, 0.1) is 0 Å². The van der Waals surface area contributed by atoms with Gasteiger partial charge in [-0.2, -0.15) is 0 Å². The van der Waals surface area contributed by atoms with E-state index in [0.29, 0.717) is 16.8 Å². The Balaban J connectivity index is 1.53. The zero-order chi connectivity index (χ0) is 33.2. The van der Waals surface area contributed by atoms with Gasteiger partial charge in [0.2, 0.25) is 23.6 Å². The van der Waals surface area contributed by atoms with Gasteiger partial charge < -0.3 is 47.6 Å². The number of amides is 4. The number of para-hydroxylation sites is 1. The van der Waals surface area contributed by atoms with Crippen LogP contribution in [-0.4, -0.2) is 78.9 Å². The van der Waals surface area contributed by atoms with Crippen molar-refractivity contribution in [2.75, 3.05) is 0 Å². The van der Waals surface area contributed by atoms with Gasteiger partial charge in [-0.1, -0.05) is 30.3 Å². The molecule has 2 aromatic carbocycles. The van der Waals surface area contributed by atoms with Gasteiger partial charge in [0, 0.05) is 54.7 Å². The zero-order valence-electron chi connectivity index (χ0n) is 24.7. The van der Waals surface area contributed by atoms with E-state index in [2.05, 4.69) is 30.9 Å². The summed E-state index contributed by atoms with van der Waals surface area (Å²) in [7, 11) is 0. The van der Waals surface area contributed by atoms with Gasteiger partial charge in [-0.25, -0.2) is 9.78 Å². The first-order valence-corrected chi connectivity index (χ1v) is 14.5. The van der Waals surface area contributed by atoms with Crippen LogP contribution < -0.4 is 27.4 Å². The molecule has 15 heteroatoms. The summed E-state index contributed by atoms with van der Waals surface area (Å²) in [6.45, 7) is 0. The highest BCUT2D eigenvalue weighted by atomic mass is 16.4. The molecular formula is C31H36N8O7. The molecule has 0 bridgehead atoms. The van der Waals surface area contributed by atoms with Crippen molar-refractivity contribution in [3.05, 3.63) is 84.1 Å². The van der Waals surface area contributed by atoms with Gasteiger partial charge in [0.05, 0.1) is 12.4 Å². The van der Waals surface area contributed by atoms with E-state index in [1.165, 1.54) is 24.7 Å². The van der Waals surface area contributed by atoms with E-state index in [1.54, 1.807) is 18.3 Å². The smallest absolute Gasteiger partial charge is 0.326 e. The fourth-order valence-electron chi connectivity index (χ4n) is 4.90. The molecule has 4 aromatic rings. The number of rotatable bonds is 16. The molecule has 0 aliphatic carbocycles. The van der Waals surface area contributed by atoms with E-state index >= 15 is 0 Å². The molecule has 242 valence electrons. The quantitative estimate of drug-likeness (QED) is 0.0788. The first kappa shape index (κ1) is 33.2. The van der Waals surface area contributed by atoms with Crippen LogP contribution in [-0.2, 0) is 43.2 Å². The largest absolute Gasteiger partial charge is 0.508 e. The standard InChI is InChI=1S/C31H36N8O7/c32-22(13-19-15-34-16-36-19)28(42)37-24(9-10-27(33)41)29(43)38-25(11-17-5-7-20(40)8-6-17)30(44)39-26(31(45)46)12-18-14-35-23-4-2-1-3-21(18)23/h1-8,14-16,22,24-26,35,40H,9-13,32H2,(H2,33,41)(H,34,36)(H,37,42)(H,38,43)(H,39,44)(H,45,46). The fourth-order valence-corrected chi connectivity index (χ4v) is 4.90. The topological polar surface area (TPSA) is 258 Å². The van der Waals surface area contributed by atoms with Crippen LogP contribution in [0.3, 0.4) is 0 Å². The van der Waals surface area contributed by atoms with Crippen molar-refractivity contribution in [3.63, 3.8) is 0 Å². The number of imidazole rings is 1. The number of fused-ring (bicyclic) bond motifs is 1. The molecule has 0 saturated carbocycles. The maximum absolute atomic E-state index is 13.6. The predicted molar refractivity (Wildman–Crippen MR) is 166 cm³/mol. The number of H-pyrrole nitrogens is 2. The third-order valence-electron chi connectivity index (χ3n) is 7.37. The van der Waals surface area contributed by atoms with Crippen molar-refractivity contribution in [2.24, 2.45) is 11.5 Å². The number of carboxylic acids is 1. The number of aromatic hydroxyl groups is 1. The summed E-state index contributed by atoms with van der Waals surface area (Å²) < 4.78 is 0. The lowest BCUT2D eigenvalue weighted by atomic mass is 10.0. The maximum atomic E-state index is 13.6. The summed E-state index contributed by atoms with van der Waals surface area (Å²) in [5.41, 5.74) is 13.9. The number of primary amides is 1. The Kier molecular flexibility index (Phi) is 11.1. The molecule has 4 amide bonds. The maximum Gasteiger partial charge on any atom is 0.326 e. The Labute approximate surface area is 263 Å². The average Bonchev–Trinajstić information content (AvgIpc) is 3.69. The molecule has 0 aliphatic heterocycles. The summed E-state index contributed by atoms with van der Waals surface area (Å²) in [4.78, 5) is 73.6. The van der Waals surface area contributed by atoms with Gasteiger partial charge in [-0.15, -0.1) is 0 Å². The molecule has 0 saturated heterocycles. The second-order valence-corrected chi connectivity index (χ2v) is 10.8. The van der Waals surface area contributed by atoms with Gasteiger partial charge in [0.15, 0.2) is 0 Å². The minimum absolute atomic E-state index is 0.0147. The zero-order valence-corrected chi connectivity index (χ0v) is 24.7. The number of hydrogen-bond acceptors (Lipinski definition) is 8. The minimum atomic E-state index is -1.35. The highest BCUT2D eigenvalue weighted by molar-refractivity contribution is 5.95. The number of nitrogens with two attached hydrogens (primary N) is 2. The van der Waals surface area contributed by atoms with Crippen LogP contribution in [0.5, 0.6) is 5.75 Å². The van der Waals surface area contributed by atoms with E-state index in [1.807, 2.05) is 24.3 Å². The van der Waals surface area contributed by atoms with Gasteiger partial charge in [0.25, 0.3) is 0 Å². The number of carbonyl (C=O) groups is 5. The third-order valence-corrected chi connectivity index (χ3v) is 7.37. The van der Waals surface area contributed by atoms with Crippen LogP contribution in [0.15, 0.2) is 67.3 Å². The number of nitrogens with zero attached hydrogens (tertiary/aromatic N) is 1. The monoisotopic (exact) mass is 632 g/mol. The summed E-state index contributed by atoms with van der Waals surface area (Å²) >= 11 is 0. The Hall–Kier alpha value is -5.70. The van der Waals surface area contributed by atoms with Crippen molar-refractivity contribution < 1.29 is 34.2 Å². The molecule has 46 heavy (non-hydrogen) atoms. The summed E-state index contributed by atoms with van der Waals surface area (Å²) in [6, 6.07) is 8.19. The summed E-state index contributed by atoms with van der Waals surface area (Å²) in [5, 5.41) is 28.1. The fraction of sp³-hybridized carbons (Fsp3) is 0.290. The molecule has 11 N–H and O–H groups in total. The first-order valence-electron chi connectivity index (χ1n) is 14.5. The number of phenols is 1. The Morgan fingerprint density at radius 2 is 1.50 bits per heavy atom. The van der Waals surface area contributed by atoms with Crippen molar-refractivity contribution in [2.45, 2.75) is 56.3 Å². The molecule has 2 aromatic heterocycles. The van der Waals surface area contributed by atoms with Crippen LogP contribution in [0.1, 0.15) is 29.7 Å². The SMILES string of the molecule is NC(=O)CCC(NC(=O)C(N)Cc1cnc[nH]1)C(=O)NC(Cc1ccc(O)cc1)C(=O)NC(Cc1c[nH]c2ccccc12)C(=O)O. The van der Waals surface area contributed by atoms with Gasteiger partial charge in [-0.05, 0) is 35.7 Å². The van der Waals surface area contributed by atoms with Crippen molar-refractivity contribution in [1.82, 2.24) is 30.9 Å². The highest BCUT2D eigenvalue weighted by Crippen LogP contribution is 2.19. The molecule has 0 fully saturated rings. The predicted octanol–water partition coefficient (Wildman–Crippen LogP) is -0.244. The van der Waals surface area contributed by atoms with Crippen LogP contribution in [0.25, 0.3) is 10.9 Å². The van der Waals surface area contributed by atoms with Crippen molar-refractivity contribution >= 4 is 40.5 Å². The molecule has 0 radical (unpaired) electrons. The van der Waals surface area contributed by atoms with Crippen molar-refractivity contribution in [3.8, 4) is 5.75 Å². The number of aromatic nitrogens is 3. The number of benzene rings is 2. The van der Waals surface area contributed by atoms with E-state index < -0.39 is 53.8 Å². The number of aromatic amines is 2. The van der Waals surface area contributed by atoms with Gasteiger partial charge >= 0.3 is 5.97 Å². The number of nitrogens with one attached hydrogen (secondary N) is 5. The van der Waals surface area contributed by atoms with E-state index in [9.17, 15) is 34.2 Å². The lowest BCUT2D eigenvalue weighted by Crippen LogP contribution is -2.58. The third kappa shape index (κ3) is 9.15. The van der Waals surface area contributed by atoms with E-state index in [4.69, 9.17) is 11.5 Å². The molecule has 15 nitrogen and oxygen atoms in total. The number of hydrogen-bond donors (Lipinski definition) is 9. The summed E-state index contributed by atoms with van der Waals surface area (Å²) in [6.07, 6.45) is 4.12. The number of aliphatic carboxylic acids is 1. The molecule has 4 rings (SSSR count). The number of phenolic OH excluding ortho intramolecular Hbond substituents is 1. The molecule has 2 heterocycles. The molecular weight excluding hydrogens is 596 g/mol. The average molecular weight is 633 g/mol. The minimum Gasteiger partial charge on any atom is -0.508 e. The van der Waals surface area contributed by atoms with Crippen LogP contribution in [0.4, 0.5) is 0 Å². The highest BCUT2D eigenvalue weighted by Gasteiger charge is 2.31. The van der Waals surface area contributed by atoms with E-state index in [-0.39, 0.29) is 37.9 Å². The van der Waals surface area contributed by atoms with Gasteiger partial charge in [-0.3, -0.25) is 19.2 Å². The molecule has 0 aliphatic rings. The molecule has 0 spiro atoms. The second kappa shape index (κ2) is 15.3. The molecule has 4 unspecified atom stereocenters. The Morgan fingerprint density at radius 3 is 2.17 bits per heavy atom.